The van der Waals surface area contributed by atoms with Crippen LogP contribution in [0.15, 0.2) is 150 Å². The number of rotatable bonds is 4. The molecular formula is C55H50BN3O. The number of hydrogen-bond acceptors (Lipinski definition) is 4. The van der Waals surface area contributed by atoms with Crippen molar-refractivity contribution in [3.8, 4) is 11.1 Å². The normalized spacial score (nSPS) is 19.9. The van der Waals surface area contributed by atoms with Crippen molar-refractivity contribution in [2.75, 3.05) is 14.6 Å². The molecule has 7 aromatic carbocycles. The maximum atomic E-state index is 6.73. The molecule has 4 heterocycles. The molecule has 1 fully saturated rings. The SMILES string of the molecule is Cc1ccccc1N1B2c3cc(C(C)(C)C)cc4c3N(c3cc(N(c5ccccc5)c5ccccc5)cc(c32)-c2ccc3oc5ccccc5c3c21)C1(C)CCCCC41C. The summed E-state index contributed by atoms with van der Waals surface area (Å²) in [6.45, 7) is 14.6. The van der Waals surface area contributed by atoms with E-state index in [4.69, 9.17) is 4.42 Å². The first kappa shape index (κ1) is 35.7. The highest BCUT2D eigenvalue weighted by Crippen LogP contribution is 2.63. The molecule has 4 nitrogen and oxygen atoms in total. The van der Waals surface area contributed by atoms with Crippen LogP contribution in [0.1, 0.15) is 77.0 Å². The van der Waals surface area contributed by atoms with Crippen LogP contribution in [0.2, 0.25) is 0 Å². The van der Waals surface area contributed by atoms with E-state index in [0.29, 0.717) is 0 Å². The molecular weight excluding hydrogens is 729 g/mol. The lowest BCUT2D eigenvalue weighted by molar-refractivity contribution is 0.195. The molecule has 1 saturated carbocycles. The number of fused-ring (bicyclic) bond motifs is 11. The fourth-order valence-electron chi connectivity index (χ4n) is 11.8. The summed E-state index contributed by atoms with van der Waals surface area (Å²) in [7, 11) is 0. The highest BCUT2D eigenvalue weighted by molar-refractivity contribution is 6.94. The van der Waals surface area contributed by atoms with Crippen molar-refractivity contribution in [3.05, 3.63) is 162 Å². The van der Waals surface area contributed by atoms with Crippen LogP contribution in [0.25, 0.3) is 33.1 Å². The second kappa shape index (κ2) is 12.4. The van der Waals surface area contributed by atoms with Crippen molar-refractivity contribution < 1.29 is 4.42 Å². The number of para-hydroxylation sites is 4. The molecule has 0 radical (unpaired) electrons. The first-order chi connectivity index (χ1) is 29.1. The van der Waals surface area contributed by atoms with Gasteiger partial charge in [0.05, 0.1) is 10.9 Å². The van der Waals surface area contributed by atoms with E-state index in [1.165, 1.54) is 86.1 Å². The van der Waals surface area contributed by atoms with Crippen LogP contribution < -0.4 is 25.5 Å². The van der Waals surface area contributed by atoms with Gasteiger partial charge < -0.3 is 19.0 Å². The minimum Gasteiger partial charge on any atom is -0.456 e. The van der Waals surface area contributed by atoms with Crippen LogP contribution in [0.3, 0.4) is 0 Å². The summed E-state index contributed by atoms with van der Waals surface area (Å²) in [5.74, 6) is 0. The van der Waals surface area contributed by atoms with Gasteiger partial charge in [0.25, 0.3) is 0 Å². The van der Waals surface area contributed by atoms with E-state index in [-0.39, 0.29) is 23.2 Å². The summed E-state index contributed by atoms with van der Waals surface area (Å²) in [5.41, 5.74) is 19.8. The Bertz CT molecular complexity index is 3020. The van der Waals surface area contributed by atoms with Gasteiger partial charge in [-0.15, -0.1) is 0 Å². The van der Waals surface area contributed by atoms with Gasteiger partial charge in [-0.3, -0.25) is 0 Å². The van der Waals surface area contributed by atoms with Crippen LogP contribution in [-0.2, 0) is 10.8 Å². The number of furan rings is 1. The average Bonchev–Trinajstić information content (AvgIpc) is 3.74. The molecule has 4 aliphatic rings. The quantitative estimate of drug-likeness (QED) is 0.166. The Kier molecular flexibility index (Phi) is 7.40. The Morgan fingerprint density at radius 1 is 0.633 bits per heavy atom. The lowest BCUT2D eigenvalue weighted by Gasteiger charge is -2.53. The predicted octanol–water partition coefficient (Wildman–Crippen LogP) is 13.6. The molecule has 0 spiro atoms. The van der Waals surface area contributed by atoms with Gasteiger partial charge in [-0.2, -0.15) is 0 Å². The number of anilines is 7. The zero-order chi connectivity index (χ0) is 40.7. The molecule has 294 valence electrons. The summed E-state index contributed by atoms with van der Waals surface area (Å²) in [5, 5.41) is 2.32. The molecule has 12 rings (SSSR count). The standard InChI is InChI=1S/C55H50BN3O/c1-35-19-13-15-25-45(35)59-51-40(27-28-48-49(51)41-24-14-16-26-47(41)60-48)42-33-39(57(37-20-9-7-10-21-37)38-22-11-8-12-23-38)34-46-50(42)56(59)44-32-36(53(2,3)4)31-43-52(44)58(46)55(6)30-18-17-29-54(43,55)5/h7-16,19-28,31-34H,17-18,29-30H2,1-6H3. The van der Waals surface area contributed by atoms with Crippen molar-refractivity contribution in [2.45, 2.75) is 83.6 Å². The first-order valence-corrected chi connectivity index (χ1v) is 21.9. The number of nitrogens with zero attached hydrogens (tertiary/aromatic N) is 3. The Balaban J connectivity index is 1.28. The third kappa shape index (κ3) is 4.69. The fourth-order valence-corrected chi connectivity index (χ4v) is 11.8. The molecule has 2 atom stereocenters. The number of aryl methyl sites for hydroxylation is 1. The van der Waals surface area contributed by atoms with Gasteiger partial charge in [0.2, 0.25) is 0 Å². The molecule has 1 aromatic heterocycles. The minimum absolute atomic E-state index is 0.0279. The van der Waals surface area contributed by atoms with E-state index in [9.17, 15) is 0 Å². The van der Waals surface area contributed by atoms with Crippen LogP contribution in [0, 0.1) is 6.92 Å². The summed E-state index contributed by atoms with van der Waals surface area (Å²) in [6.07, 6.45) is 4.80. The summed E-state index contributed by atoms with van der Waals surface area (Å²) in [6, 6.07) is 54.3. The Labute approximate surface area is 354 Å². The Morgan fingerprint density at radius 2 is 1.32 bits per heavy atom. The lowest BCUT2D eigenvalue weighted by atomic mass is 9.43. The van der Waals surface area contributed by atoms with Crippen molar-refractivity contribution >= 4 is 79.5 Å². The largest absolute Gasteiger partial charge is 0.456 e. The monoisotopic (exact) mass is 779 g/mol. The zero-order valence-corrected chi connectivity index (χ0v) is 35.5. The highest BCUT2D eigenvalue weighted by atomic mass is 16.3. The van der Waals surface area contributed by atoms with Gasteiger partial charge in [-0.25, -0.2) is 0 Å². The highest BCUT2D eigenvalue weighted by Gasteiger charge is 2.62. The van der Waals surface area contributed by atoms with Gasteiger partial charge in [-0.05, 0) is 126 Å². The predicted molar refractivity (Wildman–Crippen MR) is 254 cm³/mol. The van der Waals surface area contributed by atoms with Crippen LogP contribution in [0.4, 0.5) is 39.8 Å². The van der Waals surface area contributed by atoms with Gasteiger partial charge in [-0.1, -0.05) is 125 Å². The van der Waals surface area contributed by atoms with E-state index in [1.807, 2.05) is 0 Å². The second-order valence-corrected chi connectivity index (χ2v) is 19.3. The van der Waals surface area contributed by atoms with E-state index in [2.05, 4.69) is 202 Å². The second-order valence-electron chi connectivity index (χ2n) is 19.3. The molecule has 3 aliphatic heterocycles. The third-order valence-electron chi connectivity index (χ3n) is 15.0. The molecule has 2 unspecified atom stereocenters. The number of hydrogen-bond donors (Lipinski definition) is 0. The van der Waals surface area contributed by atoms with Crippen molar-refractivity contribution in [1.82, 2.24) is 0 Å². The van der Waals surface area contributed by atoms with Crippen molar-refractivity contribution in [1.29, 1.82) is 0 Å². The smallest absolute Gasteiger partial charge is 0.333 e. The molecule has 0 saturated heterocycles. The van der Waals surface area contributed by atoms with Crippen LogP contribution >= 0.6 is 0 Å². The molecule has 5 heteroatoms. The molecule has 60 heavy (non-hydrogen) atoms. The van der Waals surface area contributed by atoms with Crippen molar-refractivity contribution in [2.24, 2.45) is 0 Å². The summed E-state index contributed by atoms with van der Waals surface area (Å²) in [4.78, 5) is 8.05. The van der Waals surface area contributed by atoms with Gasteiger partial charge in [0.15, 0.2) is 0 Å². The van der Waals surface area contributed by atoms with Crippen LogP contribution in [0.5, 0.6) is 0 Å². The minimum atomic E-state index is -0.112. The van der Waals surface area contributed by atoms with E-state index in [0.717, 1.165) is 40.0 Å². The van der Waals surface area contributed by atoms with Gasteiger partial charge >= 0.3 is 6.85 Å². The first-order valence-electron chi connectivity index (χ1n) is 21.9. The van der Waals surface area contributed by atoms with Gasteiger partial charge in [0.1, 0.15) is 11.2 Å². The average molecular weight is 780 g/mol. The lowest BCUT2D eigenvalue weighted by Crippen LogP contribution is -2.65. The molecule has 0 N–H and O–H groups in total. The third-order valence-corrected chi connectivity index (χ3v) is 15.0. The maximum absolute atomic E-state index is 6.73. The Morgan fingerprint density at radius 3 is 2.05 bits per heavy atom. The summed E-state index contributed by atoms with van der Waals surface area (Å²) < 4.78 is 6.73. The van der Waals surface area contributed by atoms with E-state index in [1.54, 1.807) is 0 Å². The van der Waals surface area contributed by atoms with Gasteiger partial charge in [0, 0.05) is 56.2 Å². The Hall–Kier alpha value is -6.20. The van der Waals surface area contributed by atoms with E-state index < -0.39 is 0 Å². The van der Waals surface area contributed by atoms with Crippen molar-refractivity contribution in [3.63, 3.8) is 0 Å². The van der Waals surface area contributed by atoms with E-state index >= 15 is 0 Å². The molecule has 0 amide bonds. The fraction of sp³-hybridized carbons (Fsp3) is 0.236. The van der Waals surface area contributed by atoms with Crippen LogP contribution in [-0.4, -0.2) is 12.4 Å². The summed E-state index contributed by atoms with van der Waals surface area (Å²) >= 11 is 0. The zero-order valence-electron chi connectivity index (χ0n) is 35.5. The molecule has 1 aliphatic carbocycles. The maximum Gasteiger partial charge on any atom is 0.333 e. The topological polar surface area (TPSA) is 22.9 Å². The molecule has 8 aromatic rings. The number of benzene rings is 7. The molecule has 0 bridgehead atoms.